The van der Waals surface area contributed by atoms with E-state index in [4.69, 9.17) is 30.5 Å². The van der Waals surface area contributed by atoms with Crippen LogP contribution in [-0.4, -0.2) is 116 Å². The lowest BCUT2D eigenvalue weighted by Gasteiger charge is -2.46. The predicted molar refractivity (Wildman–Crippen MR) is 213 cm³/mol. The van der Waals surface area contributed by atoms with Crippen molar-refractivity contribution >= 4 is 45.2 Å². The van der Waals surface area contributed by atoms with E-state index in [9.17, 15) is 18.6 Å². The van der Waals surface area contributed by atoms with Crippen molar-refractivity contribution in [1.82, 2.24) is 14.5 Å². The van der Waals surface area contributed by atoms with Gasteiger partial charge in [0.2, 0.25) is 0 Å². The van der Waals surface area contributed by atoms with Crippen LogP contribution in [0.3, 0.4) is 0 Å². The van der Waals surface area contributed by atoms with Gasteiger partial charge in [0.05, 0.1) is 50.5 Å². The van der Waals surface area contributed by atoms with Crippen LogP contribution < -0.4 is 14.4 Å². The summed E-state index contributed by atoms with van der Waals surface area (Å²) in [5.41, 5.74) is 3.30. The Morgan fingerprint density at radius 2 is 1.89 bits per heavy atom. The van der Waals surface area contributed by atoms with Crippen molar-refractivity contribution in [3.63, 3.8) is 0 Å². The summed E-state index contributed by atoms with van der Waals surface area (Å²) in [6.07, 6.45) is 8.78. The van der Waals surface area contributed by atoms with Crippen LogP contribution in [-0.2, 0) is 36.0 Å². The van der Waals surface area contributed by atoms with Crippen molar-refractivity contribution in [2.24, 2.45) is 22.1 Å². The third-order valence-electron chi connectivity index (χ3n) is 12.4. The van der Waals surface area contributed by atoms with E-state index in [1.165, 1.54) is 16.0 Å². The summed E-state index contributed by atoms with van der Waals surface area (Å²) in [6, 6.07) is 10.9. The van der Waals surface area contributed by atoms with E-state index in [-0.39, 0.29) is 41.8 Å². The molecule has 0 unspecified atom stereocenters. The monoisotopic (exact) mass is 809 g/mol. The van der Waals surface area contributed by atoms with E-state index in [1.54, 1.807) is 18.1 Å². The fourth-order valence-corrected chi connectivity index (χ4v) is 11.3. The summed E-state index contributed by atoms with van der Waals surface area (Å²) < 4.78 is 45.1. The number of aryl methyl sites for hydroxylation is 1. The Labute approximate surface area is 334 Å². The SMILES string of the molecule is CO[C@H]1/C=C/C[C@H](C)C[S@@](=O)(NC(=O)N2CC(OC(=O)N3CCOCC3)C2)=NC(=O)c2ccc3c(c2)N(C[C@@H]2CC[C@H]21)C[C@@]1(CCCc2cc(Cl)ccc21)CO3. The lowest BCUT2D eigenvalue weighted by Crippen LogP contribution is -2.60. The van der Waals surface area contributed by atoms with Crippen LogP contribution in [0.2, 0.25) is 5.02 Å². The molecule has 2 aromatic rings. The highest BCUT2D eigenvalue weighted by Gasteiger charge is 2.45. The van der Waals surface area contributed by atoms with Gasteiger partial charge >= 0.3 is 12.1 Å². The number of carbonyl (C=O) groups is 3. The maximum atomic E-state index is 14.6. The number of hydrogen-bond acceptors (Lipinski definition) is 9. The first kappa shape index (κ1) is 39.0. The molecule has 6 atom stereocenters. The van der Waals surface area contributed by atoms with Crippen molar-refractivity contribution in [3.05, 3.63) is 70.3 Å². The smallest absolute Gasteiger partial charge is 0.410 e. The quantitative estimate of drug-likeness (QED) is 0.380. The fraction of sp³-hybridized carbons (Fsp3) is 0.585. The molecule has 3 fully saturated rings. The molecule has 0 aromatic heterocycles. The maximum Gasteiger partial charge on any atom is 0.410 e. The molecule has 6 aliphatic rings. The van der Waals surface area contributed by atoms with Gasteiger partial charge in [0.15, 0.2) is 0 Å². The largest absolute Gasteiger partial charge is 0.490 e. The van der Waals surface area contributed by atoms with E-state index in [0.717, 1.165) is 49.4 Å². The summed E-state index contributed by atoms with van der Waals surface area (Å²) >= 11 is 6.47. The van der Waals surface area contributed by atoms with Crippen molar-refractivity contribution in [1.29, 1.82) is 0 Å². The second kappa shape index (κ2) is 16.2. The van der Waals surface area contributed by atoms with E-state index < -0.39 is 34.1 Å². The van der Waals surface area contributed by atoms with Gasteiger partial charge in [-0.25, -0.2) is 13.8 Å². The zero-order chi connectivity index (χ0) is 39.0. The Bertz CT molecular complexity index is 1990. The molecule has 2 aromatic carbocycles. The van der Waals surface area contributed by atoms with Crippen molar-refractivity contribution in [2.75, 3.05) is 76.9 Å². The molecule has 4 aliphatic heterocycles. The molecule has 2 saturated heterocycles. The molecule has 1 spiro atoms. The van der Waals surface area contributed by atoms with Gasteiger partial charge < -0.3 is 33.6 Å². The van der Waals surface area contributed by atoms with E-state index >= 15 is 0 Å². The fourth-order valence-electron chi connectivity index (χ4n) is 9.21. The standard InChI is InChI=1S/C41H52ClN5O8S/c1-27-5-3-7-36(52-2)33-11-8-30(33)21-47-25-41(14-4-6-28-19-31(42)10-12-34(28)41)26-54-37-13-9-29(20-35(37)47)38(48)43-56(51,24-27)44-39(49)46-22-32(23-46)55-40(50)45-15-17-53-18-16-45/h3,7,9-10,12-13,19-20,27,30,32-33,36H,4-6,8,11,14-18,21-26H2,1-2H3,(H,43,44,48,49,51)/b7-3+/t27-,30-,33+,36-,41-,56-/m0/s1. The lowest BCUT2D eigenvalue weighted by atomic mass is 9.68. The topological polar surface area (TPSA) is 139 Å². The second-order valence-electron chi connectivity index (χ2n) is 16.4. The van der Waals surface area contributed by atoms with Gasteiger partial charge in [0.1, 0.15) is 21.8 Å². The van der Waals surface area contributed by atoms with Crippen LogP contribution in [0.25, 0.3) is 0 Å². The minimum Gasteiger partial charge on any atom is -0.490 e. The number of methoxy groups -OCH3 is 1. The number of fused-ring (bicyclic) bond motifs is 4. The number of anilines is 1. The minimum atomic E-state index is -3.59. The van der Waals surface area contributed by atoms with Gasteiger partial charge in [-0.2, -0.15) is 0 Å². The predicted octanol–water partition coefficient (Wildman–Crippen LogP) is 5.84. The molecule has 56 heavy (non-hydrogen) atoms. The van der Waals surface area contributed by atoms with Crippen LogP contribution in [0.15, 0.2) is 52.9 Å². The molecule has 2 aliphatic carbocycles. The van der Waals surface area contributed by atoms with E-state index in [1.807, 2.05) is 25.1 Å². The third-order valence-corrected chi connectivity index (χ3v) is 14.6. The van der Waals surface area contributed by atoms with Gasteiger partial charge in [-0.05, 0) is 97.7 Å². The summed E-state index contributed by atoms with van der Waals surface area (Å²) in [4.78, 5) is 45.5. The number of hydrogen-bond donors (Lipinski definition) is 1. The number of rotatable bonds is 3. The Morgan fingerprint density at radius 3 is 2.66 bits per heavy atom. The van der Waals surface area contributed by atoms with Crippen LogP contribution >= 0.6 is 11.6 Å². The Morgan fingerprint density at radius 1 is 1.07 bits per heavy atom. The first-order valence-corrected chi connectivity index (χ1v) is 22.0. The van der Waals surface area contributed by atoms with Crippen LogP contribution in [0.1, 0.15) is 60.5 Å². The molecule has 13 nitrogen and oxygen atoms in total. The summed E-state index contributed by atoms with van der Waals surface area (Å²) in [7, 11) is -1.83. The highest BCUT2D eigenvalue weighted by Crippen LogP contribution is 2.47. The number of amides is 4. The molecular weight excluding hydrogens is 758 g/mol. The molecule has 0 radical (unpaired) electrons. The van der Waals surface area contributed by atoms with Crippen LogP contribution in [0.4, 0.5) is 15.3 Å². The zero-order valence-corrected chi connectivity index (χ0v) is 33.7. The first-order chi connectivity index (χ1) is 27.0. The Balaban J connectivity index is 1.08. The van der Waals surface area contributed by atoms with Gasteiger partial charge in [-0.3, -0.25) is 9.52 Å². The second-order valence-corrected chi connectivity index (χ2v) is 18.8. The molecule has 302 valence electrons. The number of nitrogens with one attached hydrogen (secondary N) is 1. The average molecular weight is 810 g/mol. The van der Waals surface area contributed by atoms with Gasteiger partial charge in [-0.1, -0.05) is 36.7 Å². The summed E-state index contributed by atoms with van der Waals surface area (Å²) in [5.74, 6) is 0.478. The van der Waals surface area contributed by atoms with Crippen molar-refractivity contribution in [2.45, 2.75) is 63.1 Å². The number of ether oxygens (including phenoxy) is 4. The Hall–Kier alpha value is -3.85. The summed E-state index contributed by atoms with van der Waals surface area (Å²) in [5, 5.41) is 0.729. The zero-order valence-electron chi connectivity index (χ0n) is 32.2. The molecule has 8 rings (SSSR count). The molecule has 4 amide bonds. The maximum absolute atomic E-state index is 14.6. The van der Waals surface area contributed by atoms with E-state index in [0.29, 0.717) is 63.5 Å². The highest BCUT2D eigenvalue weighted by atomic mass is 35.5. The molecule has 1 N–H and O–H groups in total. The van der Waals surface area contributed by atoms with E-state index in [2.05, 4.69) is 38.3 Å². The molecule has 1 saturated carbocycles. The van der Waals surface area contributed by atoms with Crippen molar-refractivity contribution < 1.29 is 37.5 Å². The average Bonchev–Trinajstić information content (AvgIpc) is 3.30. The normalized spacial score (nSPS) is 31.3. The number of nitrogens with zero attached hydrogens (tertiary/aromatic N) is 4. The summed E-state index contributed by atoms with van der Waals surface area (Å²) in [6.45, 7) is 5.98. The van der Waals surface area contributed by atoms with Crippen molar-refractivity contribution in [3.8, 4) is 5.75 Å². The Kier molecular flexibility index (Phi) is 11.3. The molecule has 4 heterocycles. The number of likely N-dealkylation sites (tertiary alicyclic amines) is 1. The number of carbonyl (C=O) groups excluding carboxylic acids is 3. The number of morpholine rings is 1. The highest BCUT2D eigenvalue weighted by molar-refractivity contribution is 7.92. The number of urea groups is 1. The van der Waals surface area contributed by atoms with Gasteiger partial charge in [0, 0.05) is 49.3 Å². The molecule has 2 bridgehead atoms. The first-order valence-electron chi connectivity index (χ1n) is 19.9. The van der Waals surface area contributed by atoms with Gasteiger partial charge in [0.25, 0.3) is 5.91 Å². The number of halogens is 1. The lowest BCUT2D eigenvalue weighted by molar-refractivity contribution is -0.0246. The van der Waals surface area contributed by atoms with Crippen LogP contribution in [0.5, 0.6) is 5.75 Å². The number of benzene rings is 2. The minimum absolute atomic E-state index is 0.0338. The van der Waals surface area contributed by atoms with Gasteiger partial charge in [-0.15, -0.1) is 4.36 Å². The van der Waals surface area contributed by atoms with Crippen LogP contribution in [0, 0.1) is 17.8 Å². The third kappa shape index (κ3) is 8.12. The number of allylic oxidation sites excluding steroid dienone is 1. The molecule has 15 heteroatoms. The molecular formula is C41H52ClN5O8S.